The molecule has 1 N–H and O–H groups in total. The minimum atomic E-state index is -3.72. The fraction of sp³-hybridized carbons (Fsp3) is 0.381. The third-order valence-corrected chi connectivity index (χ3v) is 7.66. The number of hydrogen-bond acceptors (Lipinski definition) is 5. The molecule has 0 radical (unpaired) electrons. The fourth-order valence-corrected chi connectivity index (χ4v) is 5.64. The van der Waals surface area contributed by atoms with Crippen molar-refractivity contribution in [1.82, 2.24) is 9.55 Å². The van der Waals surface area contributed by atoms with E-state index in [1.807, 2.05) is 56.0 Å². The summed E-state index contributed by atoms with van der Waals surface area (Å²) in [4.78, 5) is 7.00. The van der Waals surface area contributed by atoms with Gasteiger partial charge < -0.3 is 9.47 Å². The zero-order valence-corrected chi connectivity index (χ0v) is 19.4. The lowest BCUT2D eigenvalue weighted by Gasteiger charge is -2.22. The third-order valence-electron chi connectivity index (χ3n) is 5.20. The van der Waals surface area contributed by atoms with Crippen LogP contribution in [-0.4, -0.2) is 31.1 Å². The Morgan fingerprint density at radius 3 is 2.38 bits per heavy atom. The molecule has 3 rings (SSSR count). The van der Waals surface area contributed by atoms with Gasteiger partial charge in [-0.3, -0.25) is 4.72 Å². The van der Waals surface area contributed by atoms with Crippen molar-refractivity contribution in [2.75, 3.05) is 22.7 Å². The van der Waals surface area contributed by atoms with Crippen molar-refractivity contribution in [3.8, 4) is 10.7 Å². The van der Waals surface area contributed by atoms with Crippen LogP contribution in [-0.2, 0) is 17.1 Å². The third kappa shape index (κ3) is 4.18. The van der Waals surface area contributed by atoms with E-state index >= 15 is 0 Å². The average Bonchev–Trinajstić information content (AvgIpc) is 3.22. The molecule has 0 aliphatic rings. The first-order valence-corrected chi connectivity index (χ1v) is 12.0. The Balaban J connectivity index is 1.94. The molecule has 3 aromatic rings. The van der Waals surface area contributed by atoms with E-state index in [0.717, 1.165) is 40.7 Å². The number of aryl methyl sites for hydroxylation is 2. The maximum atomic E-state index is 13.2. The molecule has 0 aliphatic heterocycles. The molecule has 0 saturated heterocycles. The predicted molar refractivity (Wildman–Crippen MR) is 122 cm³/mol. The van der Waals surface area contributed by atoms with Crippen LogP contribution < -0.4 is 9.62 Å². The van der Waals surface area contributed by atoms with Gasteiger partial charge in [0.25, 0.3) is 10.0 Å². The first kappa shape index (κ1) is 21.4. The number of anilines is 2. The molecule has 0 fully saturated rings. The van der Waals surface area contributed by atoms with Crippen LogP contribution in [0, 0.1) is 20.8 Å². The molecule has 8 heteroatoms. The van der Waals surface area contributed by atoms with Gasteiger partial charge in [0.2, 0.25) is 0 Å². The zero-order valence-electron chi connectivity index (χ0n) is 17.8. The van der Waals surface area contributed by atoms with E-state index in [1.165, 1.54) is 11.3 Å². The van der Waals surface area contributed by atoms with Gasteiger partial charge in [0.15, 0.2) is 0 Å². The van der Waals surface area contributed by atoms with E-state index in [-0.39, 0.29) is 4.90 Å². The highest BCUT2D eigenvalue weighted by Gasteiger charge is 2.24. The minimum absolute atomic E-state index is 0.273. The lowest BCUT2D eigenvalue weighted by molar-refractivity contribution is 0.600. The first-order valence-electron chi connectivity index (χ1n) is 9.65. The smallest absolute Gasteiger partial charge is 0.263 e. The molecular formula is C21H28N4O2S2. The summed E-state index contributed by atoms with van der Waals surface area (Å²) in [7, 11) is -1.86. The van der Waals surface area contributed by atoms with Crippen LogP contribution in [0.5, 0.6) is 0 Å². The Bertz CT molecular complexity index is 1130. The lowest BCUT2D eigenvalue weighted by atomic mass is 10.1. The van der Waals surface area contributed by atoms with Gasteiger partial charge in [-0.15, -0.1) is 11.3 Å². The highest BCUT2D eigenvalue weighted by atomic mass is 32.2. The van der Waals surface area contributed by atoms with Gasteiger partial charge in [-0.25, -0.2) is 13.4 Å². The van der Waals surface area contributed by atoms with Gasteiger partial charge in [0.1, 0.15) is 9.90 Å². The second-order valence-corrected chi connectivity index (χ2v) is 9.62. The summed E-state index contributed by atoms with van der Waals surface area (Å²) >= 11 is 1.51. The summed E-state index contributed by atoms with van der Waals surface area (Å²) in [5, 5.41) is 2.78. The maximum absolute atomic E-state index is 13.2. The van der Waals surface area contributed by atoms with Gasteiger partial charge in [0, 0.05) is 42.6 Å². The van der Waals surface area contributed by atoms with Crippen LogP contribution in [0.4, 0.5) is 11.4 Å². The molecule has 0 atom stereocenters. The van der Waals surface area contributed by atoms with Crippen molar-refractivity contribution < 1.29 is 8.42 Å². The van der Waals surface area contributed by atoms with Crippen LogP contribution in [0.15, 0.2) is 34.5 Å². The van der Waals surface area contributed by atoms with Crippen molar-refractivity contribution in [1.29, 1.82) is 0 Å². The summed E-state index contributed by atoms with van der Waals surface area (Å²) in [5.74, 6) is 0. The second kappa shape index (κ2) is 8.20. The van der Waals surface area contributed by atoms with Gasteiger partial charge in [0.05, 0.1) is 11.4 Å². The van der Waals surface area contributed by atoms with Crippen molar-refractivity contribution in [2.45, 2.75) is 39.5 Å². The van der Waals surface area contributed by atoms with Crippen molar-refractivity contribution >= 4 is 32.7 Å². The van der Waals surface area contributed by atoms with Crippen molar-refractivity contribution in [3.05, 3.63) is 46.6 Å². The van der Waals surface area contributed by atoms with E-state index in [1.54, 1.807) is 6.07 Å². The first-order chi connectivity index (χ1) is 13.7. The molecule has 0 aliphatic carbocycles. The fourth-order valence-electron chi connectivity index (χ4n) is 3.37. The normalized spacial score (nSPS) is 11.7. The Kier molecular flexibility index (Phi) is 6.05. The van der Waals surface area contributed by atoms with Crippen LogP contribution in [0.3, 0.4) is 0 Å². The second-order valence-electron chi connectivity index (χ2n) is 7.11. The Morgan fingerprint density at radius 1 is 1.14 bits per heavy atom. The summed E-state index contributed by atoms with van der Waals surface area (Å²) in [6.07, 6.45) is 0. The van der Waals surface area contributed by atoms with Crippen LogP contribution in [0.25, 0.3) is 10.7 Å². The van der Waals surface area contributed by atoms with Crippen LogP contribution in [0.1, 0.15) is 30.8 Å². The Morgan fingerprint density at radius 2 is 1.83 bits per heavy atom. The zero-order chi connectivity index (χ0) is 21.3. The SMILES string of the molecule is CCN(CC)c1ccc(NS(=O)(=O)c2cc(-c3nc(C)cs3)n(C)c2C)c(C)c1. The molecule has 0 saturated carbocycles. The molecule has 1 aromatic carbocycles. The molecule has 6 nitrogen and oxygen atoms in total. The number of aromatic nitrogens is 2. The number of hydrogen-bond donors (Lipinski definition) is 1. The van der Waals surface area contributed by atoms with Crippen LogP contribution >= 0.6 is 11.3 Å². The van der Waals surface area contributed by atoms with Gasteiger partial charge in [-0.2, -0.15) is 0 Å². The largest absolute Gasteiger partial charge is 0.372 e. The highest BCUT2D eigenvalue weighted by molar-refractivity contribution is 7.92. The minimum Gasteiger partial charge on any atom is -0.372 e. The summed E-state index contributed by atoms with van der Waals surface area (Å²) in [6, 6.07) is 7.52. The Labute approximate surface area is 177 Å². The lowest BCUT2D eigenvalue weighted by Crippen LogP contribution is -2.22. The standard InChI is InChI=1S/C21H28N4O2S2/c1-7-25(8-2)17-9-10-18(14(3)11-17)23-29(26,27)20-12-19(24(6)16(20)5)21-22-15(4)13-28-21/h9-13,23H,7-8H2,1-6H3. The van der Waals surface area contributed by atoms with Crippen molar-refractivity contribution in [2.24, 2.45) is 7.05 Å². The van der Waals surface area contributed by atoms with E-state index in [0.29, 0.717) is 11.4 Å². The van der Waals surface area contributed by atoms with Gasteiger partial charge >= 0.3 is 0 Å². The number of sulfonamides is 1. The van der Waals surface area contributed by atoms with E-state index in [2.05, 4.69) is 28.5 Å². The molecular weight excluding hydrogens is 404 g/mol. The molecule has 0 bridgehead atoms. The Hall–Kier alpha value is -2.32. The summed E-state index contributed by atoms with van der Waals surface area (Å²) < 4.78 is 31.0. The molecule has 29 heavy (non-hydrogen) atoms. The number of nitrogens with one attached hydrogen (secondary N) is 1. The van der Waals surface area contributed by atoms with E-state index in [4.69, 9.17) is 0 Å². The molecule has 156 valence electrons. The van der Waals surface area contributed by atoms with Gasteiger partial charge in [-0.05, 0) is 64.4 Å². The van der Waals surface area contributed by atoms with Gasteiger partial charge in [-0.1, -0.05) is 0 Å². The number of benzene rings is 1. The molecule has 0 unspecified atom stereocenters. The summed E-state index contributed by atoms with van der Waals surface area (Å²) in [6.45, 7) is 11.7. The average molecular weight is 433 g/mol. The molecule has 2 aromatic heterocycles. The molecule has 0 spiro atoms. The topological polar surface area (TPSA) is 67.2 Å². The van der Waals surface area contributed by atoms with E-state index < -0.39 is 10.0 Å². The van der Waals surface area contributed by atoms with E-state index in [9.17, 15) is 8.42 Å². The van der Waals surface area contributed by atoms with Crippen LogP contribution in [0.2, 0.25) is 0 Å². The predicted octanol–water partition coefficient (Wildman–Crippen LogP) is 4.72. The number of rotatable bonds is 7. The summed E-state index contributed by atoms with van der Waals surface area (Å²) in [5.41, 5.74) is 4.98. The maximum Gasteiger partial charge on any atom is 0.263 e. The van der Waals surface area contributed by atoms with Crippen molar-refractivity contribution in [3.63, 3.8) is 0 Å². The molecule has 0 amide bonds. The highest BCUT2D eigenvalue weighted by Crippen LogP contribution is 2.31. The number of thiazole rings is 1. The monoisotopic (exact) mass is 432 g/mol. The quantitative estimate of drug-likeness (QED) is 0.587. The molecule has 2 heterocycles. The number of nitrogens with zero attached hydrogens (tertiary/aromatic N) is 3.